The smallest absolute Gasteiger partial charge is 0.247 e. The zero-order chi connectivity index (χ0) is 30.0. The van der Waals surface area contributed by atoms with E-state index in [9.17, 15) is 22.4 Å². The van der Waals surface area contributed by atoms with Gasteiger partial charge in [0.2, 0.25) is 21.8 Å². The lowest BCUT2D eigenvalue weighted by Gasteiger charge is -2.33. The lowest BCUT2D eigenvalue weighted by molar-refractivity contribution is -0.141. The van der Waals surface area contributed by atoms with Crippen molar-refractivity contribution in [2.75, 3.05) is 52.2 Å². The van der Waals surface area contributed by atoms with Crippen molar-refractivity contribution >= 4 is 21.8 Å². The summed E-state index contributed by atoms with van der Waals surface area (Å²) in [6.45, 7) is 3.31. The van der Waals surface area contributed by atoms with Crippen LogP contribution in [-0.2, 0) is 37.4 Å². The molecule has 1 heterocycles. The van der Waals surface area contributed by atoms with Gasteiger partial charge in [0.1, 0.15) is 11.9 Å². The predicted molar refractivity (Wildman–Crippen MR) is 158 cm³/mol. The molecule has 2 amide bonds. The highest BCUT2D eigenvalue weighted by molar-refractivity contribution is 7.88. The van der Waals surface area contributed by atoms with Crippen molar-refractivity contribution in [1.29, 1.82) is 0 Å². The number of nitrogens with one attached hydrogen (secondary N) is 1. The molecule has 1 atom stereocenters. The highest BCUT2D eigenvalue weighted by Gasteiger charge is 2.33. The summed E-state index contributed by atoms with van der Waals surface area (Å²) >= 11 is 0. The summed E-state index contributed by atoms with van der Waals surface area (Å²) in [5, 5.41) is 2.98. The van der Waals surface area contributed by atoms with Crippen molar-refractivity contribution in [3.63, 3.8) is 0 Å². The average molecular weight is 597 g/mol. The molecule has 4 rings (SSSR count). The lowest BCUT2D eigenvalue weighted by atomic mass is 10.0. The third-order valence-electron chi connectivity index (χ3n) is 7.08. The Labute approximate surface area is 246 Å². The largest absolute Gasteiger partial charge is 0.379 e. The Morgan fingerprint density at radius 3 is 2.12 bits per heavy atom. The van der Waals surface area contributed by atoms with E-state index >= 15 is 0 Å². The van der Waals surface area contributed by atoms with Crippen LogP contribution in [-0.4, -0.2) is 86.5 Å². The summed E-state index contributed by atoms with van der Waals surface area (Å²) < 4.78 is 45.8. The number of ether oxygens (including phenoxy) is 1. The van der Waals surface area contributed by atoms with Crippen LogP contribution in [0.3, 0.4) is 0 Å². The highest BCUT2D eigenvalue weighted by Crippen LogP contribution is 2.25. The van der Waals surface area contributed by atoms with Gasteiger partial charge in [-0.1, -0.05) is 72.8 Å². The van der Waals surface area contributed by atoms with E-state index in [-0.39, 0.29) is 19.0 Å². The molecule has 9 nitrogen and oxygen atoms in total. The molecular weight excluding hydrogens is 559 g/mol. The highest BCUT2D eigenvalue weighted by atomic mass is 32.2. The van der Waals surface area contributed by atoms with Gasteiger partial charge >= 0.3 is 0 Å². The summed E-state index contributed by atoms with van der Waals surface area (Å²) in [5.74, 6) is -1.38. The van der Waals surface area contributed by atoms with Crippen molar-refractivity contribution < 1.29 is 27.1 Å². The number of carbonyl (C=O) groups excluding carboxylic acids is 2. The summed E-state index contributed by atoms with van der Waals surface area (Å²) in [7, 11) is -3.79. The number of nitrogens with zero attached hydrogens (tertiary/aromatic N) is 3. The van der Waals surface area contributed by atoms with Crippen LogP contribution in [0, 0.1) is 5.82 Å². The number of rotatable bonds is 13. The lowest BCUT2D eigenvalue weighted by Crippen LogP contribution is -2.49. The van der Waals surface area contributed by atoms with E-state index in [1.807, 2.05) is 12.1 Å². The van der Waals surface area contributed by atoms with E-state index < -0.39 is 34.3 Å². The molecule has 0 saturated carbocycles. The molecule has 1 aliphatic heterocycles. The fourth-order valence-electron chi connectivity index (χ4n) is 4.80. The first kappa shape index (κ1) is 31.3. The summed E-state index contributed by atoms with van der Waals surface area (Å²) in [6.07, 6.45) is 1.06. The number of benzene rings is 3. The second-order valence-electron chi connectivity index (χ2n) is 10.2. The minimum atomic E-state index is -3.79. The molecule has 0 aliphatic carbocycles. The number of hydrogen-bond acceptors (Lipinski definition) is 6. The second kappa shape index (κ2) is 15.0. The number of hydrogen-bond donors (Lipinski definition) is 1. The van der Waals surface area contributed by atoms with Crippen molar-refractivity contribution in [1.82, 2.24) is 19.4 Å². The Bertz CT molecular complexity index is 1400. The van der Waals surface area contributed by atoms with Gasteiger partial charge in [-0.3, -0.25) is 14.5 Å². The molecule has 224 valence electrons. The SMILES string of the molecule is CS(=O)(=O)N(CC(=O)N(Cc1ccc(F)cc1)C(C(=O)NCCN1CCOCC1)c1ccccc1)Cc1ccccc1. The van der Waals surface area contributed by atoms with Crippen molar-refractivity contribution in [2.45, 2.75) is 19.1 Å². The van der Waals surface area contributed by atoms with Gasteiger partial charge in [-0.05, 0) is 28.8 Å². The first-order valence-corrected chi connectivity index (χ1v) is 15.7. The fourth-order valence-corrected chi connectivity index (χ4v) is 5.52. The standard InChI is InChI=1S/C31H37FN4O5S/c1-42(39,40)35(22-25-8-4-2-5-9-25)24-29(37)36(23-26-12-14-28(32)15-13-26)30(27-10-6-3-7-11-27)31(38)33-16-17-34-18-20-41-21-19-34/h2-15,30H,16-24H2,1H3,(H,33,38). The first-order valence-electron chi connectivity index (χ1n) is 13.9. The molecule has 1 N–H and O–H groups in total. The van der Waals surface area contributed by atoms with Gasteiger partial charge in [0.15, 0.2) is 0 Å². The van der Waals surface area contributed by atoms with E-state index in [4.69, 9.17) is 4.74 Å². The minimum absolute atomic E-state index is 0.00243. The maximum atomic E-state index is 14.0. The van der Waals surface area contributed by atoms with Crippen LogP contribution in [0.2, 0.25) is 0 Å². The minimum Gasteiger partial charge on any atom is -0.379 e. The van der Waals surface area contributed by atoms with Crippen molar-refractivity contribution in [2.24, 2.45) is 0 Å². The molecule has 0 bridgehead atoms. The molecule has 0 radical (unpaired) electrons. The van der Waals surface area contributed by atoms with E-state index in [2.05, 4.69) is 10.2 Å². The van der Waals surface area contributed by atoms with Gasteiger partial charge in [-0.2, -0.15) is 4.31 Å². The molecule has 1 fully saturated rings. The number of amides is 2. The molecule has 11 heteroatoms. The van der Waals surface area contributed by atoms with E-state index in [1.165, 1.54) is 17.0 Å². The van der Waals surface area contributed by atoms with Crippen LogP contribution in [0.1, 0.15) is 22.7 Å². The normalized spacial score (nSPS) is 14.8. The quantitative estimate of drug-likeness (QED) is 0.326. The Balaban J connectivity index is 1.63. The Kier molecular flexibility index (Phi) is 11.2. The van der Waals surface area contributed by atoms with Gasteiger partial charge in [0.25, 0.3) is 0 Å². The molecule has 3 aromatic carbocycles. The summed E-state index contributed by atoms with van der Waals surface area (Å²) in [6, 6.07) is 22.5. The van der Waals surface area contributed by atoms with Crippen LogP contribution in [0.15, 0.2) is 84.9 Å². The van der Waals surface area contributed by atoms with Crippen LogP contribution >= 0.6 is 0 Å². The van der Waals surface area contributed by atoms with Crippen LogP contribution in [0.4, 0.5) is 4.39 Å². The number of morpholine rings is 1. The van der Waals surface area contributed by atoms with Gasteiger partial charge in [-0.15, -0.1) is 0 Å². The maximum Gasteiger partial charge on any atom is 0.247 e. The Morgan fingerprint density at radius 1 is 0.905 bits per heavy atom. The third kappa shape index (κ3) is 9.18. The topological polar surface area (TPSA) is 99.3 Å². The zero-order valence-corrected chi connectivity index (χ0v) is 24.5. The molecule has 0 aromatic heterocycles. The van der Waals surface area contributed by atoms with Crippen molar-refractivity contribution in [3.8, 4) is 0 Å². The second-order valence-corrected chi connectivity index (χ2v) is 12.2. The van der Waals surface area contributed by atoms with Crippen LogP contribution in [0.5, 0.6) is 0 Å². The Morgan fingerprint density at radius 2 is 1.50 bits per heavy atom. The van der Waals surface area contributed by atoms with Crippen LogP contribution in [0.25, 0.3) is 0 Å². The molecule has 1 unspecified atom stereocenters. The zero-order valence-electron chi connectivity index (χ0n) is 23.7. The summed E-state index contributed by atoms with van der Waals surface area (Å²) in [4.78, 5) is 31.4. The van der Waals surface area contributed by atoms with Gasteiger partial charge in [0.05, 0.1) is 26.0 Å². The van der Waals surface area contributed by atoms with Gasteiger partial charge < -0.3 is 15.0 Å². The van der Waals surface area contributed by atoms with E-state index in [1.54, 1.807) is 60.7 Å². The van der Waals surface area contributed by atoms with Gasteiger partial charge in [-0.25, -0.2) is 12.8 Å². The molecule has 3 aromatic rings. The number of carbonyl (C=O) groups is 2. The summed E-state index contributed by atoms with van der Waals surface area (Å²) in [5.41, 5.74) is 1.90. The maximum absolute atomic E-state index is 14.0. The molecule has 42 heavy (non-hydrogen) atoms. The first-order chi connectivity index (χ1) is 20.2. The predicted octanol–water partition coefficient (Wildman–Crippen LogP) is 2.81. The van der Waals surface area contributed by atoms with Crippen molar-refractivity contribution in [3.05, 3.63) is 107 Å². The van der Waals surface area contributed by atoms with E-state index in [0.717, 1.165) is 29.2 Å². The van der Waals surface area contributed by atoms with Crippen LogP contribution < -0.4 is 5.32 Å². The fraction of sp³-hybridized carbons (Fsp3) is 0.355. The third-order valence-corrected chi connectivity index (χ3v) is 8.27. The number of halogens is 1. The van der Waals surface area contributed by atoms with Gasteiger partial charge in [0, 0.05) is 39.3 Å². The monoisotopic (exact) mass is 596 g/mol. The molecule has 1 saturated heterocycles. The average Bonchev–Trinajstić information content (AvgIpc) is 2.98. The van der Waals surface area contributed by atoms with E-state index in [0.29, 0.717) is 37.4 Å². The number of sulfonamides is 1. The molecule has 1 aliphatic rings. The Hall–Kier alpha value is -3.64. The molecular formula is C31H37FN4O5S. The molecule has 0 spiro atoms.